The number of rotatable bonds is 2. The van der Waals surface area contributed by atoms with Gasteiger partial charge in [-0.2, -0.15) is 0 Å². The van der Waals surface area contributed by atoms with Gasteiger partial charge < -0.3 is 9.94 Å². The predicted octanol–water partition coefficient (Wildman–Crippen LogP) is 2.72. The van der Waals surface area contributed by atoms with E-state index < -0.39 is 0 Å². The average Bonchev–Trinajstić information content (AvgIpc) is 2.16. The summed E-state index contributed by atoms with van der Waals surface area (Å²) in [6, 6.07) is 4.85. The van der Waals surface area contributed by atoms with E-state index in [0.717, 1.165) is 0 Å². The molecule has 0 atom stereocenters. The summed E-state index contributed by atoms with van der Waals surface area (Å²) in [6.45, 7) is 0. The molecule has 70 valence electrons. The second-order valence-electron chi connectivity index (χ2n) is 2.24. The first-order valence-electron chi connectivity index (χ1n) is 3.40. The molecule has 0 amide bonds. The first-order chi connectivity index (χ1) is 6.19. The van der Waals surface area contributed by atoms with E-state index in [1.54, 1.807) is 18.2 Å². The van der Waals surface area contributed by atoms with Gasteiger partial charge in [-0.25, -0.2) is 0 Å². The molecule has 5 heteroatoms. The monoisotopic (exact) mass is 219 g/mol. The highest BCUT2D eigenvalue weighted by molar-refractivity contribution is 6.69. The fraction of sp³-hybridized carbons (Fsp3) is 0.125. The van der Waals surface area contributed by atoms with E-state index in [9.17, 15) is 0 Å². The minimum atomic E-state index is -0.00967. The summed E-state index contributed by atoms with van der Waals surface area (Å²) in [5.74, 6) is 0.549. The molecule has 1 N–H and O–H groups in total. The fourth-order valence-corrected chi connectivity index (χ4v) is 1.23. The van der Waals surface area contributed by atoms with E-state index in [1.807, 2.05) is 0 Å². The van der Waals surface area contributed by atoms with Gasteiger partial charge in [-0.05, 0) is 18.2 Å². The van der Waals surface area contributed by atoms with E-state index in [-0.39, 0.29) is 5.17 Å². The molecule has 0 bridgehead atoms. The minimum Gasteiger partial charge on any atom is -0.495 e. The number of nitrogens with zero attached hydrogens (tertiary/aromatic N) is 1. The number of benzene rings is 1. The number of hydrogen-bond acceptors (Lipinski definition) is 3. The Morgan fingerprint density at radius 1 is 1.54 bits per heavy atom. The van der Waals surface area contributed by atoms with Crippen molar-refractivity contribution in [1.82, 2.24) is 0 Å². The Hall–Kier alpha value is -0.930. The summed E-state index contributed by atoms with van der Waals surface area (Å²) in [5.41, 5.74) is 0.537. The first-order valence-corrected chi connectivity index (χ1v) is 4.16. The maximum atomic E-state index is 8.39. The van der Waals surface area contributed by atoms with Crippen molar-refractivity contribution in [3.05, 3.63) is 28.8 Å². The van der Waals surface area contributed by atoms with Gasteiger partial charge in [0, 0.05) is 5.56 Å². The highest BCUT2D eigenvalue weighted by atomic mass is 35.5. The number of halogens is 2. The van der Waals surface area contributed by atoms with Crippen molar-refractivity contribution in [3.63, 3.8) is 0 Å². The molecule has 3 nitrogen and oxygen atoms in total. The van der Waals surface area contributed by atoms with Gasteiger partial charge in [0.05, 0.1) is 12.1 Å². The lowest BCUT2D eigenvalue weighted by atomic mass is 10.2. The zero-order valence-corrected chi connectivity index (χ0v) is 8.30. The Morgan fingerprint density at radius 2 is 2.23 bits per heavy atom. The molecular weight excluding hydrogens is 213 g/mol. The molecule has 0 aliphatic rings. The van der Waals surface area contributed by atoms with Gasteiger partial charge in [0.1, 0.15) is 5.75 Å². The summed E-state index contributed by atoms with van der Waals surface area (Å²) in [6.07, 6.45) is 0. The smallest absolute Gasteiger partial charge is 0.175 e. The molecule has 0 aromatic heterocycles. The van der Waals surface area contributed by atoms with Crippen LogP contribution in [0.2, 0.25) is 5.02 Å². The molecule has 0 aliphatic heterocycles. The highest BCUT2D eigenvalue weighted by Crippen LogP contribution is 2.25. The third-order valence-electron chi connectivity index (χ3n) is 1.48. The molecule has 0 heterocycles. The summed E-state index contributed by atoms with van der Waals surface area (Å²) < 4.78 is 4.94. The van der Waals surface area contributed by atoms with Crippen molar-refractivity contribution in [2.24, 2.45) is 5.16 Å². The van der Waals surface area contributed by atoms with Crippen molar-refractivity contribution in [3.8, 4) is 5.75 Å². The van der Waals surface area contributed by atoms with Gasteiger partial charge in [0.15, 0.2) is 5.17 Å². The molecule has 1 rings (SSSR count). The summed E-state index contributed by atoms with van der Waals surface area (Å²) in [7, 11) is 1.52. The normalized spacial score (nSPS) is 11.5. The summed E-state index contributed by atoms with van der Waals surface area (Å²) in [5, 5.41) is 11.6. The number of oxime groups is 1. The molecule has 0 saturated carbocycles. The maximum absolute atomic E-state index is 8.39. The zero-order chi connectivity index (χ0) is 9.84. The second kappa shape index (κ2) is 4.35. The van der Waals surface area contributed by atoms with Crippen molar-refractivity contribution >= 4 is 28.4 Å². The fourth-order valence-electron chi connectivity index (χ4n) is 0.852. The predicted molar refractivity (Wildman–Crippen MR) is 52.2 cm³/mol. The van der Waals surface area contributed by atoms with Crippen LogP contribution in [-0.4, -0.2) is 17.5 Å². The second-order valence-corrected chi connectivity index (χ2v) is 3.01. The van der Waals surface area contributed by atoms with Crippen molar-refractivity contribution in [1.29, 1.82) is 0 Å². The van der Waals surface area contributed by atoms with Gasteiger partial charge in [-0.15, -0.1) is 0 Å². The van der Waals surface area contributed by atoms with Crippen LogP contribution in [0.5, 0.6) is 5.75 Å². The molecule has 0 spiro atoms. The quantitative estimate of drug-likeness (QED) is 0.473. The van der Waals surface area contributed by atoms with Crippen molar-refractivity contribution < 1.29 is 9.94 Å². The van der Waals surface area contributed by atoms with Crippen LogP contribution in [0.25, 0.3) is 0 Å². The SMILES string of the molecule is COc1ccc(C(Cl)=NO)cc1Cl. The molecule has 0 unspecified atom stereocenters. The highest BCUT2D eigenvalue weighted by Gasteiger charge is 2.05. The summed E-state index contributed by atoms with van der Waals surface area (Å²) >= 11 is 11.4. The lowest BCUT2D eigenvalue weighted by Crippen LogP contribution is -1.92. The first kappa shape index (κ1) is 10.2. The van der Waals surface area contributed by atoms with Crippen LogP contribution in [0, 0.1) is 0 Å². The number of methoxy groups -OCH3 is 1. The zero-order valence-electron chi connectivity index (χ0n) is 6.79. The molecule has 0 fully saturated rings. The van der Waals surface area contributed by atoms with E-state index in [4.69, 9.17) is 33.1 Å². The molecule has 0 radical (unpaired) electrons. The lowest BCUT2D eigenvalue weighted by molar-refractivity contribution is 0.321. The maximum Gasteiger partial charge on any atom is 0.175 e. The van der Waals surface area contributed by atoms with Crippen LogP contribution in [-0.2, 0) is 0 Å². The van der Waals surface area contributed by atoms with E-state index in [0.29, 0.717) is 16.3 Å². The van der Waals surface area contributed by atoms with Crippen LogP contribution in [0.3, 0.4) is 0 Å². The number of hydrogen-bond donors (Lipinski definition) is 1. The molecule has 1 aromatic rings. The Bertz CT molecular complexity index is 339. The summed E-state index contributed by atoms with van der Waals surface area (Å²) in [4.78, 5) is 0. The van der Waals surface area contributed by atoms with E-state index >= 15 is 0 Å². The van der Waals surface area contributed by atoms with Crippen LogP contribution in [0.15, 0.2) is 23.4 Å². The average molecular weight is 220 g/mol. The molecule has 0 aliphatic carbocycles. The Labute approximate surface area is 85.5 Å². The van der Waals surface area contributed by atoms with Crippen LogP contribution in [0.1, 0.15) is 5.56 Å². The van der Waals surface area contributed by atoms with Crippen molar-refractivity contribution in [2.75, 3.05) is 7.11 Å². The Balaban J connectivity index is 3.10. The van der Waals surface area contributed by atoms with E-state index in [2.05, 4.69) is 5.16 Å². The number of ether oxygens (including phenoxy) is 1. The minimum absolute atomic E-state index is 0.00967. The topological polar surface area (TPSA) is 41.8 Å². The van der Waals surface area contributed by atoms with E-state index in [1.165, 1.54) is 7.11 Å². The largest absolute Gasteiger partial charge is 0.495 e. The lowest BCUT2D eigenvalue weighted by Gasteiger charge is -2.03. The van der Waals surface area contributed by atoms with Crippen LogP contribution >= 0.6 is 23.2 Å². The molecule has 13 heavy (non-hydrogen) atoms. The molecular formula is C8H7Cl2NO2. The van der Waals surface area contributed by atoms with Gasteiger partial charge in [-0.1, -0.05) is 28.4 Å². The third kappa shape index (κ3) is 2.26. The van der Waals surface area contributed by atoms with Crippen LogP contribution in [0.4, 0.5) is 0 Å². The van der Waals surface area contributed by atoms with Gasteiger partial charge in [0.2, 0.25) is 0 Å². The van der Waals surface area contributed by atoms with Crippen LogP contribution < -0.4 is 4.74 Å². The van der Waals surface area contributed by atoms with Gasteiger partial charge in [0.25, 0.3) is 0 Å². The Morgan fingerprint density at radius 3 is 2.69 bits per heavy atom. The van der Waals surface area contributed by atoms with Gasteiger partial charge in [-0.3, -0.25) is 0 Å². The molecule has 0 saturated heterocycles. The Kier molecular flexibility index (Phi) is 3.39. The van der Waals surface area contributed by atoms with Crippen molar-refractivity contribution in [2.45, 2.75) is 0 Å². The van der Waals surface area contributed by atoms with Gasteiger partial charge >= 0.3 is 0 Å². The third-order valence-corrected chi connectivity index (χ3v) is 2.07. The molecule has 1 aromatic carbocycles. The standard InChI is InChI=1S/C8H7Cl2NO2/c1-13-7-3-2-5(4-6(7)9)8(10)11-12/h2-4,12H,1H3.